The Morgan fingerprint density at radius 3 is 2.43 bits per heavy atom. The largest absolute Gasteiger partial charge is 0.495 e. The molecular weight excluding hydrogens is 354 g/mol. The number of para-hydroxylation sites is 2. The minimum absolute atomic E-state index is 0.902. The second-order valence-corrected chi connectivity index (χ2v) is 6.23. The van der Waals surface area contributed by atoms with Gasteiger partial charge < -0.3 is 9.64 Å². The minimum Gasteiger partial charge on any atom is -0.495 e. The molecule has 2 aromatic carbocycles. The average Bonchev–Trinajstić information content (AvgIpc) is 2.61. The Hall–Kier alpha value is -2.01. The highest BCUT2D eigenvalue weighted by molar-refractivity contribution is 9.10. The number of hydrazone groups is 1. The van der Waals surface area contributed by atoms with Crippen molar-refractivity contribution in [2.45, 2.75) is 0 Å². The second-order valence-electron chi connectivity index (χ2n) is 5.38. The first-order valence-electron chi connectivity index (χ1n) is 7.69. The van der Waals surface area contributed by atoms with Gasteiger partial charge in [-0.15, -0.1) is 0 Å². The predicted octanol–water partition coefficient (Wildman–Crippen LogP) is 3.61. The zero-order valence-corrected chi connectivity index (χ0v) is 14.7. The molecule has 3 rings (SSSR count). The van der Waals surface area contributed by atoms with Crippen LogP contribution >= 0.6 is 15.9 Å². The first kappa shape index (κ1) is 15.9. The fourth-order valence-electron chi connectivity index (χ4n) is 2.67. The number of ether oxygens (including phenoxy) is 1. The van der Waals surface area contributed by atoms with Crippen LogP contribution in [0, 0.1) is 0 Å². The highest BCUT2D eigenvalue weighted by Crippen LogP contribution is 2.28. The van der Waals surface area contributed by atoms with Crippen molar-refractivity contribution in [2.24, 2.45) is 5.10 Å². The lowest BCUT2D eigenvalue weighted by Crippen LogP contribution is -2.44. The van der Waals surface area contributed by atoms with Gasteiger partial charge in [-0.1, -0.05) is 46.3 Å². The molecule has 0 spiro atoms. The molecule has 4 nitrogen and oxygen atoms in total. The molecule has 0 aliphatic carbocycles. The van der Waals surface area contributed by atoms with Crippen LogP contribution in [0.25, 0.3) is 0 Å². The van der Waals surface area contributed by atoms with E-state index < -0.39 is 0 Å². The quantitative estimate of drug-likeness (QED) is 0.766. The molecule has 1 fully saturated rings. The molecule has 0 unspecified atom stereocenters. The average molecular weight is 374 g/mol. The molecule has 1 aliphatic heterocycles. The zero-order valence-electron chi connectivity index (χ0n) is 13.2. The molecule has 0 atom stereocenters. The third kappa shape index (κ3) is 3.85. The maximum Gasteiger partial charge on any atom is 0.142 e. The van der Waals surface area contributed by atoms with E-state index in [1.54, 1.807) is 7.11 Å². The lowest BCUT2D eigenvalue weighted by Gasteiger charge is -2.35. The highest BCUT2D eigenvalue weighted by atomic mass is 79.9. The smallest absolute Gasteiger partial charge is 0.142 e. The Balaban J connectivity index is 1.61. The SMILES string of the molecule is COc1ccccc1N1CCN(N=Cc2ccccc2Br)CC1. The topological polar surface area (TPSA) is 28.1 Å². The summed E-state index contributed by atoms with van der Waals surface area (Å²) in [6.45, 7) is 3.68. The summed E-state index contributed by atoms with van der Waals surface area (Å²) in [6.07, 6.45) is 1.92. The minimum atomic E-state index is 0.902. The van der Waals surface area contributed by atoms with Crippen LogP contribution in [0.15, 0.2) is 58.1 Å². The molecule has 0 saturated carbocycles. The van der Waals surface area contributed by atoms with Gasteiger partial charge in [-0.3, -0.25) is 5.01 Å². The van der Waals surface area contributed by atoms with Gasteiger partial charge in [0.1, 0.15) is 5.75 Å². The van der Waals surface area contributed by atoms with Crippen LogP contribution in [0.5, 0.6) is 5.75 Å². The van der Waals surface area contributed by atoms with Gasteiger partial charge in [0.25, 0.3) is 0 Å². The maximum atomic E-state index is 5.45. The van der Waals surface area contributed by atoms with E-state index >= 15 is 0 Å². The van der Waals surface area contributed by atoms with Crippen molar-refractivity contribution in [2.75, 3.05) is 38.2 Å². The first-order valence-corrected chi connectivity index (χ1v) is 8.48. The van der Waals surface area contributed by atoms with Crippen molar-refractivity contribution in [3.63, 3.8) is 0 Å². The number of benzene rings is 2. The fourth-order valence-corrected chi connectivity index (χ4v) is 3.05. The number of anilines is 1. The molecule has 0 aromatic heterocycles. The van der Waals surface area contributed by atoms with E-state index in [4.69, 9.17) is 4.74 Å². The summed E-state index contributed by atoms with van der Waals surface area (Å²) in [6, 6.07) is 16.3. The van der Waals surface area contributed by atoms with Crippen molar-refractivity contribution >= 4 is 27.8 Å². The molecule has 0 N–H and O–H groups in total. The van der Waals surface area contributed by atoms with E-state index in [0.29, 0.717) is 0 Å². The Morgan fingerprint density at radius 1 is 1.00 bits per heavy atom. The summed E-state index contributed by atoms with van der Waals surface area (Å²) in [7, 11) is 1.72. The van der Waals surface area contributed by atoms with Crippen LogP contribution < -0.4 is 9.64 Å². The first-order chi connectivity index (χ1) is 11.3. The van der Waals surface area contributed by atoms with Crippen LogP contribution in [0.2, 0.25) is 0 Å². The van der Waals surface area contributed by atoms with Crippen molar-refractivity contribution in [1.82, 2.24) is 5.01 Å². The van der Waals surface area contributed by atoms with Crippen LogP contribution in [0.3, 0.4) is 0 Å². The molecule has 0 amide bonds. The van der Waals surface area contributed by atoms with Gasteiger partial charge in [0.2, 0.25) is 0 Å². The number of nitrogens with zero attached hydrogens (tertiary/aromatic N) is 3. The number of piperazine rings is 1. The number of rotatable bonds is 4. The predicted molar refractivity (Wildman–Crippen MR) is 98.5 cm³/mol. The summed E-state index contributed by atoms with van der Waals surface area (Å²) in [5.41, 5.74) is 2.25. The van der Waals surface area contributed by atoms with E-state index in [9.17, 15) is 0 Å². The van der Waals surface area contributed by atoms with Crippen molar-refractivity contribution in [3.05, 3.63) is 58.6 Å². The lowest BCUT2D eigenvalue weighted by molar-refractivity contribution is 0.271. The molecule has 23 heavy (non-hydrogen) atoms. The fraction of sp³-hybridized carbons (Fsp3) is 0.278. The van der Waals surface area contributed by atoms with Crippen LogP contribution in [0.1, 0.15) is 5.56 Å². The molecule has 1 saturated heterocycles. The Kier molecular flexibility index (Phi) is 5.18. The highest BCUT2D eigenvalue weighted by Gasteiger charge is 2.18. The van der Waals surface area contributed by atoms with Gasteiger partial charge in [0.05, 0.1) is 32.1 Å². The van der Waals surface area contributed by atoms with Gasteiger partial charge in [-0.05, 0) is 18.2 Å². The summed E-state index contributed by atoms with van der Waals surface area (Å²) in [4.78, 5) is 2.35. The van der Waals surface area contributed by atoms with E-state index in [0.717, 1.165) is 47.7 Å². The van der Waals surface area contributed by atoms with Crippen LogP contribution in [0.4, 0.5) is 5.69 Å². The van der Waals surface area contributed by atoms with Crippen LogP contribution in [-0.2, 0) is 0 Å². The number of halogens is 1. The summed E-state index contributed by atoms with van der Waals surface area (Å²) < 4.78 is 6.52. The molecule has 5 heteroatoms. The van der Waals surface area contributed by atoms with Gasteiger partial charge >= 0.3 is 0 Å². The van der Waals surface area contributed by atoms with E-state index in [-0.39, 0.29) is 0 Å². The third-order valence-corrected chi connectivity index (χ3v) is 4.67. The lowest BCUT2D eigenvalue weighted by atomic mass is 10.2. The molecule has 1 aliphatic rings. The van der Waals surface area contributed by atoms with Crippen molar-refractivity contribution < 1.29 is 4.74 Å². The number of methoxy groups -OCH3 is 1. The van der Waals surface area contributed by atoms with Gasteiger partial charge in [0.15, 0.2) is 0 Å². The van der Waals surface area contributed by atoms with Gasteiger partial charge in [-0.2, -0.15) is 5.10 Å². The monoisotopic (exact) mass is 373 g/mol. The molecule has 0 radical (unpaired) electrons. The third-order valence-electron chi connectivity index (χ3n) is 3.95. The van der Waals surface area contributed by atoms with E-state index in [2.05, 4.69) is 49.1 Å². The molecular formula is C18H20BrN3O. The van der Waals surface area contributed by atoms with Crippen molar-refractivity contribution in [1.29, 1.82) is 0 Å². The Morgan fingerprint density at radius 2 is 1.70 bits per heavy atom. The van der Waals surface area contributed by atoms with Crippen molar-refractivity contribution in [3.8, 4) is 5.75 Å². The van der Waals surface area contributed by atoms with E-state index in [1.807, 2.05) is 36.5 Å². The molecule has 2 aromatic rings. The Labute approximate surface area is 145 Å². The summed E-state index contributed by atoms with van der Waals surface area (Å²) >= 11 is 3.55. The zero-order chi connectivity index (χ0) is 16.1. The molecule has 0 bridgehead atoms. The summed E-state index contributed by atoms with van der Waals surface area (Å²) in [5.74, 6) is 0.928. The molecule has 120 valence electrons. The normalized spacial score (nSPS) is 15.2. The van der Waals surface area contributed by atoms with Gasteiger partial charge in [-0.25, -0.2) is 0 Å². The number of hydrogen-bond acceptors (Lipinski definition) is 4. The summed E-state index contributed by atoms with van der Waals surface area (Å²) in [5, 5.41) is 6.72. The molecule has 1 heterocycles. The Bertz CT molecular complexity index is 681. The van der Waals surface area contributed by atoms with E-state index in [1.165, 1.54) is 0 Å². The van der Waals surface area contributed by atoms with Gasteiger partial charge in [0, 0.05) is 23.1 Å². The maximum absolute atomic E-state index is 5.45. The second kappa shape index (κ2) is 7.51. The standard InChI is InChI=1S/C18H20BrN3O/c1-23-18-9-5-4-8-17(18)21-10-12-22(13-11-21)20-14-15-6-2-3-7-16(15)19/h2-9,14H,10-13H2,1H3. The number of hydrogen-bond donors (Lipinski definition) is 0. The van der Waals surface area contributed by atoms with Crippen LogP contribution in [-0.4, -0.2) is 44.5 Å².